The number of morpholine rings is 1. The van der Waals surface area contributed by atoms with Crippen LogP contribution in [-0.4, -0.2) is 72.0 Å². The summed E-state index contributed by atoms with van der Waals surface area (Å²) in [7, 11) is 7.21. The van der Waals surface area contributed by atoms with E-state index in [4.69, 9.17) is 14.2 Å². The second-order valence-corrected chi connectivity index (χ2v) is 7.43. The lowest BCUT2D eigenvalue weighted by molar-refractivity contribution is 0.0162. The third-order valence-electron chi connectivity index (χ3n) is 5.38. The zero-order valence-corrected chi connectivity index (χ0v) is 18.2. The molecule has 1 amide bonds. The zero-order valence-electron chi connectivity index (χ0n) is 18.2. The maximum atomic E-state index is 12.8. The molecule has 1 atom stereocenters. The highest BCUT2D eigenvalue weighted by Gasteiger charge is 2.24. The van der Waals surface area contributed by atoms with E-state index in [1.807, 2.05) is 61.5 Å². The third kappa shape index (κ3) is 5.23. The largest absolute Gasteiger partial charge is 0.493 e. The Bertz CT molecular complexity index is 833. The normalized spacial score (nSPS) is 15.3. The van der Waals surface area contributed by atoms with Gasteiger partial charge in [0.2, 0.25) is 0 Å². The van der Waals surface area contributed by atoms with Crippen molar-refractivity contribution in [2.24, 2.45) is 0 Å². The van der Waals surface area contributed by atoms with Crippen molar-refractivity contribution in [3.63, 3.8) is 0 Å². The minimum Gasteiger partial charge on any atom is -0.493 e. The second kappa shape index (κ2) is 10.3. The molecule has 0 radical (unpaired) electrons. The summed E-state index contributed by atoms with van der Waals surface area (Å²) in [6, 6.07) is 13.5. The van der Waals surface area contributed by atoms with Gasteiger partial charge in [0.15, 0.2) is 11.5 Å². The molecule has 1 saturated heterocycles. The molecule has 0 saturated carbocycles. The molecular weight excluding hydrogens is 382 g/mol. The first-order valence-corrected chi connectivity index (χ1v) is 10.1. The monoisotopic (exact) mass is 413 g/mol. The Morgan fingerprint density at radius 1 is 1.07 bits per heavy atom. The maximum Gasteiger partial charge on any atom is 0.251 e. The van der Waals surface area contributed by atoms with Crippen molar-refractivity contribution in [2.45, 2.75) is 6.04 Å². The molecule has 1 heterocycles. The molecule has 0 spiro atoms. The fourth-order valence-corrected chi connectivity index (χ4v) is 3.61. The van der Waals surface area contributed by atoms with E-state index in [9.17, 15) is 4.79 Å². The number of ether oxygens (including phenoxy) is 3. The van der Waals surface area contributed by atoms with Crippen LogP contribution in [0.2, 0.25) is 0 Å². The van der Waals surface area contributed by atoms with E-state index < -0.39 is 0 Å². The quantitative estimate of drug-likeness (QED) is 0.718. The Morgan fingerprint density at radius 3 is 2.33 bits per heavy atom. The lowest BCUT2D eigenvalue weighted by atomic mass is 10.0. The summed E-state index contributed by atoms with van der Waals surface area (Å²) in [6.07, 6.45) is 0. The Balaban J connectivity index is 1.76. The molecule has 3 rings (SSSR count). The van der Waals surface area contributed by atoms with Crippen LogP contribution in [0.5, 0.6) is 11.5 Å². The summed E-state index contributed by atoms with van der Waals surface area (Å²) in [4.78, 5) is 17.1. The van der Waals surface area contributed by atoms with Crippen LogP contribution >= 0.6 is 0 Å². The van der Waals surface area contributed by atoms with Gasteiger partial charge < -0.3 is 24.4 Å². The number of hydrogen-bond acceptors (Lipinski definition) is 6. The van der Waals surface area contributed by atoms with Gasteiger partial charge in [-0.3, -0.25) is 9.69 Å². The van der Waals surface area contributed by atoms with Crippen LogP contribution in [-0.2, 0) is 4.74 Å². The van der Waals surface area contributed by atoms with Crippen molar-refractivity contribution in [1.82, 2.24) is 10.2 Å². The molecule has 1 aliphatic heterocycles. The van der Waals surface area contributed by atoms with Gasteiger partial charge in [0.05, 0.1) is 33.5 Å². The van der Waals surface area contributed by atoms with Gasteiger partial charge in [0, 0.05) is 45.0 Å². The summed E-state index contributed by atoms with van der Waals surface area (Å²) in [6.45, 7) is 3.48. The lowest BCUT2D eigenvalue weighted by Gasteiger charge is -2.35. The minimum atomic E-state index is -0.0842. The molecular formula is C23H31N3O4. The molecule has 2 aromatic carbocycles. The van der Waals surface area contributed by atoms with Crippen molar-refractivity contribution >= 4 is 11.6 Å². The fourth-order valence-electron chi connectivity index (χ4n) is 3.61. The van der Waals surface area contributed by atoms with Crippen molar-refractivity contribution in [3.05, 3.63) is 53.6 Å². The molecule has 2 aromatic rings. The highest BCUT2D eigenvalue weighted by molar-refractivity contribution is 5.94. The average Bonchev–Trinajstić information content (AvgIpc) is 2.79. The van der Waals surface area contributed by atoms with Crippen LogP contribution in [0.25, 0.3) is 0 Å². The van der Waals surface area contributed by atoms with E-state index in [1.165, 1.54) is 0 Å². The summed E-state index contributed by atoms with van der Waals surface area (Å²) in [5, 5.41) is 3.10. The number of carbonyl (C=O) groups excluding carboxylic acids is 1. The van der Waals surface area contributed by atoms with Crippen LogP contribution in [0.3, 0.4) is 0 Å². The summed E-state index contributed by atoms with van der Waals surface area (Å²) in [5.41, 5.74) is 2.77. The van der Waals surface area contributed by atoms with Crippen LogP contribution in [0.1, 0.15) is 22.0 Å². The van der Waals surface area contributed by atoms with E-state index in [2.05, 4.69) is 10.2 Å². The second-order valence-electron chi connectivity index (χ2n) is 7.43. The molecule has 1 fully saturated rings. The summed E-state index contributed by atoms with van der Waals surface area (Å²) in [5.74, 6) is 1.28. The molecule has 7 nitrogen and oxygen atoms in total. The first-order valence-electron chi connectivity index (χ1n) is 10.1. The summed E-state index contributed by atoms with van der Waals surface area (Å²) >= 11 is 0. The van der Waals surface area contributed by atoms with Gasteiger partial charge in [0.1, 0.15) is 0 Å². The summed E-state index contributed by atoms with van der Waals surface area (Å²) < 4.78 is 16.4. The fraction of sp³-hybridized carbons (Fsp3) is 0.435. The first kappa shape index (κ1) is 21.9. The molecule has 30 heavy (non-hydrogen) atoms. The molecule has 0 aliphatic carbocycles. The SMILES string of the molecule is COc1ccc(C(CNC(=O)c2ccc(N(C)C)cc2)N2CCOCC2)cc1OC. The van der Waals surface area contributed by atoms with Gasteiger partial charge in [-0.15, -0.1) is 0 Å². The topological polar surface area (TPSA) is 63.3 Å². The number of benzene rings is 2. The Hall–Kier alpha value is -2.77. The van der Waals surface area contributed by atoms with Crippen molar-refractivity contribution in [1.29, 1.82) is 0 Å². The van der Waals surface area contributed by atoms with E-state index >= 15 is 0 Å². The number of methoxy groups -OCH3 is 2. The van der Waals surface area contributed by atoms with E-state index in [-0.39, 0.29) is 11.9 Å². The van der Waals surface area contributed by atoms with Gasteiger partial charge in [-0.1, -0.05) is 6.07 Å². The van der Waals surface area contributed by atoms with Gasteiger partial charge in [-0.2, -0.15) is 0 Å². The van der Waals surface area contributed by atoms with Crippen molar-refractivity contribution in [2.75, 3.05) is 66.1 Å². The molecule has 162 valence electrons. The highest BCUT2D eigenvalue weighted by Crippen LogP contribution is 2.32. The first-order chi connectivity index (χ1) is 14.5. The van der Waals surface area contributed by atoms with Crippen molar-refractivity contribution in [3.8, 4) is 11.5 Å². The number of nitrogens with zero attached hydrogens (tertiary/aromatic N) is 2. The number of anilines is 1. The van der Waals surface area contributed by atoms with Gasteiger partial charge in [0.25, 0.3) is 5.91 Å². The van der Waals surface area contributed by atoms with E-state index in [0.717, 1.165) is 24.3 Å². The Morgan fingerprint density at radius 2 is 1.73 bits per heavy atom. The third-order valence-corrected chi connectivity index (χ3v) is 5.38. The Kier molecular flexibility index (Phi) is 7.54. The molecule has 1 N–H and O–H groups in total. The minimum absolute atomic E-state index is 0.0127. The zero-order chi connectivity index (χ0) is 21.5. The average molecular weight is 414 g/mol. The number of rotatable bonds is 8. The smallest absolute Gasteiger partial charge is 0.251 e. The van der Waals surface area contributed by atoms with E-state index in [0.29, 0.717) is 36.8 Å². The predicted molar refractivity (Wildman–Crippen MR) is 118 cm³/mol. The number of nitrogens with one attached hydrogen (secondary N) is 1. The standard InChI is InChI=1S/C23H31N3O4/c1-25(2)19-8-5-17(6-9-19)23(27)24-16-20(26-11-13-30-14-12-26)18-7-10-21(28-3)22(15-18)29-4/h5-10,15,20H,11-14,16H2,1-4H3,(H,24,27). The van der Waals surface area contributed by atoms with Crippen LogP contribution in [0.4, 0.5) is 5.69 Å². The number of amides is 1. The molecule has 0 aromatic heterocycles. The van der Waals surface area contributed by atoms with Gasteiger partial charge >= 0.3 is 0 Å². The number of hydrogen-bond donors (Lipinski definition) is 1. The maximum absolute atomic E-state index is 12.8. The Labute approximate surface area is 178 Å². The number of carbonyl (C=O) groups is 1. The molecule has 7 heteroatoms. The van der Waals surface area contributed by atoms with E-state index in [1.54, 1.807) is 14.2 Å². The van der Waals surface area contributed by atoms with Crippen LogP contribution in [0, 0.1) is 0 Å². The molecule has 1 unspecified atom stereocenters. The highest BCUT2D eigenvalue weighted by atomic mass is 16.5. The predicted octanol–water partition coefficient (Wildman–Crippen LogP) is 2.57. The van der Waals surface area contributed by atoms with Crippen molar-refractivity contribution < 1.29 is 19.0 Å². The van der Waals surface area contributed by atoms with Crippen LogP contribution < -0.4 is 19.7 Å². The molecule has 1 aliphatic rings. The van der Waals surface area contributed by atoms with Gasteiger partial charge in [-0.25, -0.2) is 0 Å². The van der Waals surface area contributed by atoms with Crippen LogP contribution in [0.15, 0.2) is 42.5 Å². The van der Waals surface area contributed by atoms with Gasteiger partial charge in [-0.05, 0) is 42.0 Å². The lowest BCUT2D eigenvalue weighted by Crippen LogP contribution is -2.43. The molecule has 0 bridgehead atoms.